The van der Waals surface area contributed by atoms with Crippen LogP contribution in [0.5, 0.6) is 5.75 Å². The maximum atomic E-state index is 12.4. The summed E-state index contributed by atoms with van der Waals surface area (Å²) in [4.78, 5) is 12.4. The molecule has 2 aliphatic rings. The lowest BCUT2D eigenvalue weighted by atomic mass is 9.68. The third-order valence-electron chi connectivity index (χ3n) is 4.24. The fourth-order valence-corrected chi connectivity index (χ4v) is 3.46. The summed E-state index contributed by atoms with van der Waals surface area (Å²) < 4.78 is 0. The number of carbonyl (C=O) groups is 1. The van der Waals surface area contributed by atoms with Gasteiger partial charge in [0.25, 0.3) is 0 Å². The van der Waals surface area contributed by atoms with Crippen molar-refractivity contribution in [2.45, 2.75) is 38.8 Å². The standard InChI is InChI=1S/C15H20N2O2/c1-15(2)7-11-13(12(19)8-15)14(17-16-11)9-4-3-5-10(18)6-9/h3-6,11,13-14,16-18H,7-8H2,1-2H3. The summed E-state index contributed by atoms with van der Waals surface area (Å²) in [5.74, 6) is 0.522. The predicted octanol–water partition coefficient (Wildman–Crippen LogP) is 1.91. The molecule has 0 bridgehead atoms. The molecular weight excluding hydrogens is 240 g/mol. The number of benzene rings is 1. The first-order valence-corrected chi connectivity index (χ1v) is 6.79. The molecule has 1 aliphatic heterocycles. The number of phenols is 1. The van der Waals surface area contributed by atoms with Crippen molar-refractivity contribution in [2.75, 3.05) is 0 Å². The predicted molar refractivity (Wildman–Crippen MR) is 72.4 cm³/mol. The van der Waals surface area contributed by atoms with Gasteiger partial charge in [0, 0.05) is 12.5 Å². The fourth-order valence-electron chi connectivity index (χ4n) is 3.46. The van der Waals surface area contributed by atoms with Gasteiger partial charge in [-0.05, 0) is 29.5 Å². The van der Waals surface area contributed by atoms with Crippen molar-refractivity contribution < 1.29 is 9.90 Å². The lowest BCUT2D eigenvalue weighted by Crippen LogP contribution is -2.43. The Bertz CT molecular complexity index is 513. The molecule has 2 fully saturated rings. The number of aromatic hydroxyl groups is 1. The van der Waals surface area contributed by atoms with Crippen LogP contribution in [0.4, 0.5) is 0 Å². The lowest BCUT2D eigenvalue weighted by molar-refractivity contribution is -0.128. The smallest absolute Gasteiger partial charge is 0.140 e. The topological polar surface area (TPSA) is 61.4 Å². The molecule has 19 heavy (non-hydrogen) atoms. The molecule has 0 spiro atoms. The highest BCUT2D eigenvalue weighted by Gasteiger charge is 2.48. The molecule has 1 saturated carbocycles. The first-order chi connectivity index (χ1) is 8.96. The van der Waals surface area contributed by atoms with E-state index in [2.05, 4.69) is 24.7 Å². The minimum absolute atomic E-state index is 0.0326. The van der Waals surface area contributed by atoms with Gasteiger partial charge < -0.3 is 5.11 Å². The number of Topliss-reactive ketones (excluding diaryl/α,β-unsaturated/α-hetero) is 1. The average molecular weight is 260 g/mol. The second kappa shape index (κ2) is 4.32. The SMILES string of the molecule is CC1(C)CC(=O)C2C(C1)NNC2c1cccc(O)c1. The molecule has 1 heterocycles. The second-order valence-corrected chi connectivity index (χ2v) is 6.51. The molecule has 1 aromatic rings. The van der Waals surface area contributed by atoms with E-state index in [1.165, 1.54) is 0 Å². The average Bonchev–Trinajstić information content (AvgIpc) is 2.71. The number of hydrazine groups is 1. The number of carbonyl (C=O) groups excluding carboxylic acids is 1. The van der Waals surface area contributed by atoms with Crippen LogP contribution in [0.15, 0.2) is 24.3 Å². The summed E-state index contributed by atoms with van der Waals surface area (Å²) in [6, 6.07) is 7.29. The van der Waals surface area contributed by atoms with Crippen molar-refractivity contribution in [2.24, 2.45) is 11.3 Å². The van der Waals surface area contributed by atoms with Crippen molar-refractivity contribution in [3.8, 4) is 5.75 Å². The van der Waals surface area contributed by atoms with Gasteiger partial charge in [-0.15, -0.1) is 0 Å². The van der Waals surface area contributed by atoms with Gasteiger partial charge in [0.05, 0.1) is 12.0 Å². The number of hydrogen-bond donors (Lipinski definition) is 3. The number of nitrogens with one attached hydrogen (secondary N) is 2. The molecule has 4 nitrogen and oxygen atoms in total. The van der Waals surface area contributed by atoms with E-state index in [-0.39, 0.29) is 29.2 Å². The Kier molecular flexibility index (Phi) is 2.87. The number of hydrogen-bond acceptors (Lipinski definition) is 4. The van der Waals surface area contributed by atoms with Gasteiger partial charge in [-0.3, -0.25) is 10.2 Å². The van der Waals surface area contributed by atoms with Crippen LogP contribution in [0.2, 0.25) is 0 Å². The Morgan fingerprint density at radius 3 is 2.84 bits per heavy atom. The van der Waals surface area contributed by atoms with E-state index in [1.54, 1.807) is 12.1 Å². The summed E-state index contributed by atoms with van der Waals surface area (Å²) in [5.41, 5.74) is 7.52. The van der Waals surface area contributed by atoms with Crippen molar-refractivity contribution in [3.63, 3.8) is 0 Å². The van der Waals surface area contributed by atoms with E-state index in [9.17, 15) is 9.90 Å². The largest absolute Gasteiger partial charge is 0.508 e. The van der Waals surface area contributed by atoms with Crippen molar-refractivity contribution in [1.82, 2.24) is 10.9 Å². The molecule has 3 N–H and O–H groups in total. The first kappa shape index (κ1) is 12.6. The third kappa shape index (κ3) is 2.26. The molecule has 3 rings (SSSR count). The lowest BCUT2D eigenvalue weighted by Gasteiger charge is -2.36. The Balaban J connectivity index is 1.89. The van der Waals surface area contributed by atoms with Crippen LogP contribution in [0.3, 0.4) is 0 Å². The zero-order valence-electron chi connectivity index (χ0n) is 11.3. The normalized spacial score (nSPS) is 33.2. The van der Waals surface area contributed by atoms with Crippen LogP contribution in [0.1, 0.15) is 38.3 Å². The molecule has 1 saturated heterocycles. The van der Waals surface area contributed by atoms with Crippen LogP contribution in [0.25, 0.3) is 0 Å². The zero-order valence-corrected chi connectivity index (χ0v) is 11.3. The van der Waals surface area contributed by atoms with E-state index in [4.69, 9.17) is 0 Å². The van der Waals surface area contributed by atoms with Crippen LogP contribution < -0.4 is 10.9 Å². The molecule has 3 atom stereocenters. The van der Waals surface area contributed by atoms with E-state index < -0.39 is 0 Å². The molecule has 0 amide bonds. The van der Waals surface area contributed by atoms with Gasteiger partial charge in [0.1, 0.15) is 11.5 Å². The van der Waals surface area contributed by atoms with Gasteiger partial charge in [0.2, 0.25) is 0 Å². The summed E-state index contributed by atoms with van der Waals surface area (Å²) in [6.07, 6.45) is 1.62. The quantitative estimate of drug-likeness (QED) is 0.722. The van der Waals surface area contributed by atoms with E-state index >= 15 is 0 Å². The molecule has 3 unspecified atom stereocenters. The molecule has 0 radical (unpaired) electrons. The minimum Gasteiger partial charge on any atom is -0.508 e. The number of rotatable bonds is 1. The van der Waals surface area contributed by atoms with Crippen LogP contribution in [0, 0.1) is 11.3 Å². The molecule has 4 heteroatoms. The molecule has 1 aliphatic carbocycles. The van der Waals surface area contributed by atoms with E-state index in [0.29, 0.717) is 12.2 Å². The fraction of sp³-hybridized carbons (Fsp3) is 0.533. The van der Waals surface area contributed by atoms with Crippen LogP contribution >= 0.6 is 0 Å². The minimum atomic E-state index is -0.0410. The van der Waals surface area contributed by atoms with Gasteiger partial charge >= 0.3 is 0 Å². The zero-order chi connectivity index (χ0) is 13.6. The van der Waals surface area contributed by atoms with E-state index in [0.717, 1.165) is 12.0 Å². The number of phenolic OH excluding ortho intramolecular Hbond substituents is 1. The maximum absolute atomic E-state index is 12.4. The molecule has 102 valence electrons. The van der Waals surface area contributed by atoms with E-state index in [1.807, 2.05) is 12.1 Å². The van der Waals surface area contributed by atoms with Crippen LogP contribution in [-0.4, -0.2) is 16.9 Å². The Morgan fingerprint density at radius 1 is 1.32 bits per heavy atom. The summed E-state index contributed by atoms with van der Waals surface area (Å²) in [7, 11) is 0. The van der Waals surface area contributed by atoms with Crippen molar-refractivity contribution >= 4 is 5.78 Å². The number of fused-ring (bicyclic) bond motifs is 1. The summed E-state index contributed by atoms with van der Waals surface area (Å²) in [5, 5.41) is 9.59. The first-order valence-electron chi connectivity index (χ1n) is 6.79. The maximum Gasteiger partial charge on any atom is 0.140 e. The summed E-state index contributed by atoms with van der Waals surface area (Å²) >= 11 is 0. The Labute approximate surface area is 113 Å². The Morgan fingerprint density at radius 2 is 2.11 bits per heavy atom. The van der Waals surface area contributed by atoms with Gasteiger partial charge in [0.15, 0.2) is 0 Å². The summed E-state index contributed by atoms with van der Waals surface area (Å²) in [6.45, 7) is 4.29. The number of ketones is 1. The third-order valence-corrected chi connectivity index (χ3v) is 4.24. The highest BCUT2D eigenvalue weighted by Crippen LogP contribution is 2.43. The highest BCUT2D eigenvalue weighted by molar-refractivity contribution is 5.84. The molecular formula is C15H20N2O2. The second-order valence-electron chi connectivity index (χ2n) is 6.51. The Hall–Kier alpha value is -1.39. The molecule has 0 aromatic heterocycles. The van der Waals surface area contributed by atoms with Gasteiger partial charge in [-0.25, -0.2) is 5.43 Å². The van der Waals surface area contributed by atoms with Gasteiger partial charge in [-0.1, -0.05) is 26.0 Å². The van der Waals surface area contributed by atoms with Gasteiger partial charge in [-0.2, -0.15) is 0 Å². The van der Waals surface area contributed by atoms with Crippen molar-refractivity contribution in [3.05, 3.63) is 29.8 Å². The monoisotopic (exact) mass is 260 g/mol. The molecule has 1 aromatic carbocycles. The highest BCUT2D eigenvalue weighted by atomic mass is 16.3. The van der Waals surface area contributed by atoms with Crippen molar-refractivity contribution in [1.29, 1.82) is 0 Å². The van der Waals surface area contributed by atoms with Crippen LogP contribution in [-0.2, 0) is 4.79 Å².